The number of sulfonamides is 1. The number of benzene rings is 1. The Morgan fingerprint density at radius 1 is 1.33 bits per heavy atom. The van der Waals surface area contributed by atoms with E-state index in [0.717, 1.165) is 0 Å². The van der Waals surface area contributed by atoms with Gasteiger partial charge in [-0.1, -0.05) is 6.92 Å². The van der Waals surface area contributed by atoms with Crippen LogP contribution in [-0.4, -0.2) is 50.8 Å². The summed E-state index contributed by atoms with van der Waals surface area (Å²) in [5, 5.41) is 8.94. The van der Waals surface area contributed by atoms with E-state index in [1.54, 1.807) is 23.4 Å². The minimum Gasteiger partial charge on any atom is -0.305 e. The van der Waals surface area contributed by atoms with E-state index in [2.05, 4.69) is 17.9 Å². The SMILES string of the molecule is Cc1cc(S(=O)(=O)N2CC(C)C(N(C)C)C2)ccc1C#N. The maximum Gasteiger partial charge on any atom is 0.243 e. The summed E-state index contributed by atoms with van der Waals surface area (Å²) in [5.41, 5.74) is 1.20. The van der Waals surface area contributed by atoms with Crippen molar-refractivity contribution in [1.82, 2.24) is 9.21 Å². The molecule has 0 bridgehead atoms. The van der Waals surface area contributed by atoms with E-state index in [-0.39, 0.29) is 10.9 Å². The molecular weight excluding hydrogens is 286 g/mol. The van der Waals surface area contributed by atoms with Crippen LogP contribution in [0.25, 0.3) is 0 Å². The van der Waals surface area contributed by atoms with E-state index < -0.39 is 10.0 Å². The molecule has 1 aliphatic rings. The lowest BCUT2D eigenvalue weighted by Crippen LogP contribution is -2.35. The molecule has 0 spiro atoms. The van der Waals surface area contributed by atoms with Gasteiger partial charge in [-0.2, -0.15) is 9.57 Å². The van der Waals surface area contributed by atoms with Crippen molar-refractivity contribution < 1.29 is 8.42 Å². The smallest absolute Gasteiger partial charge is 0.243 e. The third-order valence-corrected chi connectivity index (χ3v) is 5.99. The van der Waals surface area contributed by atoms with Crippen molar-refractivity contribution in [1.29, 1.82) is 5.26 Å². The highest BCUT2D eigenvalue weighted by atomic mass is 32.2. The van der Waals surface area contributed by atoms with Gasteiger partial charge in [0.25, 0.3) is 0 Å². The first-order valence-electron chi connectivity index (χ1n) is 6.94. The molecule has 114 valence electrons. The molecule has 0 aromatic heterocycles. The molecule has 5 nitrogen and oxygen atoms in total. The molecule has 0 radical (unpaired) electrons. The van der Waals surface area contributed by atoms with Gasteiger partial charge in [0.05, 0.1) is 16.5 Å². The maximum absolute atomic E-state index is 12.7. The van der Waals surface area contributed by atoms with Gasteiger partial charge in [0.2, 0.25) is 10.0 Å². The zero-order valence-electron chi connectivity index (χ0n) is 12.9. The van der Waals surface area contributed by atoms with Gasteiger partial charge in [0.15, 0.2) is 0 Å². The fraction of sp³-hybridized carbons (Fsp3) is 0.533. The van der Waals surface area contributed by atoms with Gasteiger partial charge in [0, 0.05) is 19.1 Å². The van der Waals surface area contributed by atoms with E-state index in [1.807, 2.05) is 14.1 Å². The minimum absolute atomic E-state index is 0.235. The topological polar surface area (TPSA) is 64.4 Å². The molecule has 21 heavy (non-hydrogen) atoms. The van der Waals surface area contributed by atoms with Crippen molar-refractivity contribution in [2.45, 2.75) is 24.8 Å². The van der Waals surface area contributed by atoms with Crippen LogP contribution in [0, 0.1) is 24.2 Å². The Morgan fingerprint density at radius 2 is 2.00 bits per heavy atom. The normalized spacial score (nSPS) is 23.4. The first-order chi connectivity index (χ1) is 9.77. The van der Waals surface area contributed by atoms with Crippen LogP contribution in [0.5, 0.6) is 0 Å². The van der Waals surface area contributed by atoms with Crippen molar-refractivity contribution in [3.05, 3.63) is 29.3 Å². The second-order valence-electron chi connectivity index (χ2n) is 5.92. The van der Waals surface area contributed by atoms with Crippen molar-refractivity contribution in [3.63, 3.8) is 0 Å². The van der Waals surface area contributed by atoms with Crippen LogP contribution in [0.15, 0.2) is 23.1 Å². The molecule has 2 rings (SSSR count). The summed E-state index contributed by atoms with van der Waals surface area (Å²) in [4.78, 5) is 2.34. The second-order valence-corrected chi connectivity index (χ2v) is 7.86. The summed E-state index contributed by atoms with van der Waals surface area (Å²) in [7, 11) is 0.462. The Labute approximate surface area is 126 Å². The molecule has 1 aromatic rings. The van der Waals surface area contributed by atoms with Crippen molar-refractivity contribution in [3.8, 4) is 6.07 Å². The summed E-state index contributed by atoms with van der Waals surface area (Å²) >= 11 is 0. The molecule has 1 aliphatic heterocycles. The van der Waals surface area contributed by atoms with Crippen LogP contribution < -0.4 is 0 Å². The lowest BCUT2D eigenvalue weighted by molar-refractivity contribution is 0.263. The van der Waals surface area contributed by atoms with Crippen LogP contribution in [0.3, 0.4) is 0 Å². The van der Waals surface area contributed by atoms with E-state index in [0.29, 0.717) is 30.1 Å². The molecule has 1 heterocycles. The molecule has 0 aliphatic carbocycles. The van der Waals surface area contributed by atoms with E-state index in [4.69, 9.17) is 5.26 Å². The molecule has 1 aromatic carbocycles. The van der Waals surface area contributed by atoms with E-state index in [1.165, 1.54) is 6.07 Å². The van der Waals surface area contributed by atoms with Gasteiger partial charge in [-0.05, 0) is 50.7 Å². The summed E-state index contributed by atoms with van der Waals surface area (Å²) < 4.78 is 27.0. The molecular formula is C15H21N3O2S. The highest BCUT2D eigenvalue weighted by molar-refractivity contribution is 7.89. The summed E-state index contributed by atoms with van der Waals surface area (Å²) in [6.07, 6.45) is 0. The highest BCUT2D eigenvalue weighted by Crippen LogP contribution is 2.27. The molecule has 0 saturated carbocycles. The summed E-state index contributed by atoms with van der Waals surface area (Å²) in [5.74, 6) is 0.300. The number of likely N-dealkylation sites (N-methyl/N-ethyl adjacent to an activating group) is 1. The highest BCUT2D eigenvalue weighted by Gasteiger charge is 2.38. The molecule has 0 amide bonds. The van der Waals surface area contributed by atoms with Gasteiger partial charge >= 0.3 is 0 Å². The lowest BCUT2D eigenvalue weighted by Gasteiger charge is -2.22. The summed E-state index contributed by atoms with van der Waals surface area (Å²) in [6, 6.07) is 6.97. The molecule has 0 N–H and O–H groups in total. The monoisotopic (exact) mass is 307 g/mol. The van der Waals surface area contributed by atoms with Crippen LogP contribution in [0.4, 0.5) is 0 Å². The van der Waals surface area contributed by atoms with Crippen molar-refractivity contribution >= 4 is 10.0 Å². The first-order valence-corrected chi connectivity index (χ1v) is 8.38. The second kappa shape index (κ2) is 5.76. The zero-order valence-corrected chi connectivity index (χ0v) is 13.7. The maximum atomic E-state index is 12.7. The van der Waals surface area contributed by atoms with Crippen LogP contribution >= 0.6 is 0 Å². The van der Waals surface area contributed by atoms with Gasteiger partial charge in [-0.25, -0.2) is 8.42 Å². The molecule has 1 fully saturated rings. The average molecular weight is 307 g/mol. The lowest BCUT2D eigenvalue weighted by atomic mass is 10.1. The Hall–Kier alpha value is -1.42. The third-order valence-electron chi connectivity index (χ3n) is 4.16. The zero-order chi connectivity index (χ0) is 15.8. The standard InChI is InChI=1S/C15H21N3O2S/c1-11-7-14(6-5-13(11)8-16)21(19,20)18-9-12(2)15(10-18)17(3)4/h5-7,12,15H,9-10H2,1-4H3. The van der Waals surface area contributed by atoms with Crippen LogP contribution in [0.2, 0.25) is 0 Å². The third kappa shape index (κ3) is 2.95. The Morgan fingerprint density at radius 3 is 2.48 bits per heavy atom. The van der Waals surface area contributed by atoms with Gasteiger partial charge in [-0.15, -0.1) is 0 Å². The van der Waals surface area contributed by atoms with Crippen molar-refractivity contribution in [2.24, 2.45) is 5.92 Å². The number of nitriles is 1. The largest absolute Gasteiger partial charge is 0.305 e. The Balaban J connectivity index is 2.32. The summed E-state index contributed by atoms with van der Waals surface area (Å²) in [6.45, 7) is 4.87. The predicted octanol–water partition coefficient (Wildman–Crippen LogP) is 1.44. The Kier molecular flexibility index (Phi) is 4.38. The molecule has 2 atom stereocenters. The van der Waals surface area contributed by atoms with Crippen LogP contribution in [0.1, 0.15) is 18.1 Å². The molecule has 2 unspecified atom stereocenters. The number of aryl methyl sites for hydroxylation is 1. The van der Waals surface area contributed by atoms with E-state index >= 15 is 0 Å². The van der Waals surface area contributed by atoms with Gasteiger partial charge < -0.3 is 4.90 Å². The fourth-order valence-electron chi connectivity index (χ4n) is 2.85. The van der Waals surface area contributed by atoms with Crippen LogP contribution in [-0.2, 0) is 10.0 Å². The minimum atomic E-state index is -3.49. The first kappa shape index (κ1) is 16.0. The molecule has 6 heteroatoms. The number of nitrogens with zero attached hydrogens (tertiary/aromatic N) is 3. The quantitative estimate of drug-likeness (QED) is 0.847. The van der Waals surface area contributed by atoms with Gasteiger partial charge in [0.1, 0.15) is 0 Å². The van der Waals surface area contributed by atoms with E-state index in [9.17, 15) is 8.42 Å². The Bertz CT molecular complexity index is 677. The fourth-order valence-corrected chi connectivity index (χ4v) is 4.49. The molecule has 1 saturated heterocycles. The number of rotatable bonds is 3. The average Bonchev–Trinajstić information content (AvgIpc) is 2.81. The predicted molar refractivity (Wildman–Crippen MR) is 81.3 cm³/mol. The number of hydrogen-bond donors (Lipinski definition) is 0. The van der Waals surface area contributed by atoms with Crippen molar-refractivity contribution in [2.75, 3.05) is 27.2 Å². The van der Waals surface area contributed by atoms with Gasteiger partial charge in [-0.3, -0.25) is 0 Å². The number of hydrogen-bond acceptors (Lipinski definition) is 4.